The van der Waals surface area contributed by atoms with E-state index in [2.05, 4.69) is 15.7 Å². The number of carbonyl (C=O) groups is 2. The van der Waals surface area contributed by atoms with Gasteiger partial charge in [0.25, 0.3) is 0 Å². The maximum absolute atomic E-state index is 12.0. The molecule has 1 saturated heterocycles. The van der Waals surface area contributed by atoms with Crippen LogP contribution in [0.4, 0.5) is 10.6 Å². The van der Waals surface area contributed by atoms with Crippen molar-refractivity contribution in [2.24, 2.45) is 0 Å². The van der Waals surface area contributed by atoms with Gasteiger partial charge in [-0.3, -0.25) is 10.1 Å². The number of methoxy groups -OCH3 is 1. The van der Waals surface area contributed by atoms with Crippen molar-refractivity contribution >= 4 is 17.8 Å². The van der Waals surface area contributed by atoms with Crippen LogP contribution in [0.15, 0.2) is 12.3 Å². The minimum atomic E-state index is -0.316. The molecule has 2 heterocycles. The minimum absolute atomic E-state index is 0.0402. The lowest BCUT2D eigenvalue weighted by Gasteiger charge is -2.17. The lowest BCUT2D eigenvalue weighted by Crippen LogP contribution is -2.40. The number of amides is 3. The van der Waals surface area contributed by atoms with Crippen LogP contribution in [-0.4, -0.2) is 59.5 Å². The van der Waals surface area contributed by atoms with E-state index in [9.17, 15) is 9.59 Å². The number of anilines is 1. The molecule has 1 aromatic rings. The molecule has 3 amide bonds. The Balaban J connectivity index is 1.82. The maximum Gasteiger partial charge on any atom is 0.320 e. The number of aryl methyl sites for hydroxylation is 1. The van der Waals surface area contributed by atoms with Crippen molar-refractivity contribution in [3.8, 4) is 0 Å². The van der Waals surface area contributed by atoms with E-state index in [-0.39, 0.29) is 18.0 Å². The van der Waals surface area contributed by atoms with Gasteiger partial charge in [-0.2, -0.15) is 5.10 Å². The van der Waals surface area contributed by atoms with E-state index in [0.717, 1.165) is 13.0 Å². The molecule has 2 N–H and O–H groups in total. The number of rotatable bonds is 7. The van der Waals surface area contributed by atoms with Crippen molar-refractivity contribution in [3.05, 3.63) is 12.3 Å². The Morgan fingerprint density at radius 2 is 2.32 bits per heavy atom. The average molecular weight is 309 g/mol. The SMILES string of the molecule is CCCn1nccc1NC(=O)NC1CC(=O)N(CCOC)C1. The maximum atomic E-state index is 12.0. The zero-order valence-electron chi connectivity index (χ0n) is 13.0. The molecule has 1 aromatic heterocycles. The van der Waals surface area contributed by atoms with Crippen LogP contribution < -0.4 is 10.6 Å². The Labute approximate surface area is 129 Å². The molecule has 122 valence electrons. The van der Waals surface area contributed by atoms with Crippen LogP contribution in [-0.2, 0) is 16.1 Å². The highest BCUT2D eigenvalue weighted by atomic mass is 16.5. The second-order valence-corrected chi connectivity index (χ2v) is 5.27. The Morgan fingerprint density at radius 1 is 1.50 bits per heavy atom. The van der Waals surface area contributed by atoms with Gasteiger partial charge in [0.15, 0.2) is 0 Å². The van der Waals surface area contributed by atoms with E-state index in [1.165, 1.54) is 0 Å². The number of hydrogen-bond donors (Lipinski definition) is 2. The molecular formula is C14H23N5O3. The predicted molar refractivity (Wildman–Crippen MR) is 81.5 cm³/mol. The van der Waals surface area contributed by atoms with E-state index >= 15 is 0 Å². The van der Waals surface area contributed by atoms with Crippen LogP contribution in [0.3, 0.4) is 0 Å². The topological polar surface area (TPSA) is 88.5 Å². The van der Waals surface area contributed by atoms with Gasteiger partial charge < -0.3 is 15.0 Å². The second kappa shape index (κ2) is 7.79. The highest BCUT2D eigenvalue weighted by Crippen LogP contribution is 2.12. The number of ether oxygens (including phenoxy) is 1. The highest BCUT2D eigenvalue weighted by molar-refractivity contribution is 5.89. The first-order chi connectivity index (χ1) is 10.6. The Hall–Kier alpha value is -2.09. The number of nitrogens with one attached hydrogen (secondary N) is 2. The number of likely N-dealkylation sites (tertiary alicyclic amines) is 1. The molecule has 0 bridgehead atoms. The number of aromatic nitrogens is 2. The van der Waals surface area contributed by atoms with Gasteiger partial charge >= 0.3 is 6.03 Å². The van der Waals surface area contributed by atoms with Crippen molar-refractivity contribution in [1.82, 2.24) is 20.0 Å². The molecule has 8 nitrogen and oxygen atoms in total. The van der Waals surface area contributed by atoms with Crippen LogP contribution in [0.1, 0.15) is 19.8 Å². The molecule has 0 spiro atoms. The molecule has 1 aliphatic rings. The van der Waals surface area contributed by atoms with Gasteiger partial charge in [-0.15, -0.1) is 0 Å². The molecule has 2 rings (SSSR count). The molecule has 0 aromatic carbocycles. The lowest BCUT2D eigenvalue weighted by molar-refractivity contribution is -0.128. The first kappa shape index (κ1) is 16.3. The van der Waals surface area contributed by atoms with E-state index < -0.39 is 0 Å². The fourth-order valence-corrected chi connectivity index (χ4v) is 2.45. The highest BCUT2D eigenvalue weighted by Gasteiger charge is 2.30. The molecular weight excluding hydrogens is 286 g/mol. The van der Waals surface area contributed by atoms with Crippen molar-refractivity contribution < 1.29 is 14.3 Å². The van der Waals surface area contributed by atoms with Crippen molar-refractivity contribution in [1.29, 1.82) is 0 Å². The normalized spacial score (nSPS) is 17.8. The smallest absolute Gasteiger partial charge is 0.320 e. The number of carbonyl (C=O) groups excluding carboxylic acids is 2. The van der Waals surface area contributed by atoms with E-state index in [0.29, 0.717) is 31.9 Å². The summed E-state index contributed by atoms with van der Waals surface area (Å²) in [5.74, 6) is 0.693. The van der Waals surface area contributed by atoms with Gasteiger partial charge in [0.1, 0.15) is 5.82 Å². The fraction of sp³-hybridized carbons (Fsp3) is 0.643. The van der Waals surface area contributed by atoms with Crippen LogP contribution in [0.2, 0.25) is 0 Å². The van der Waals surface area contributed by atoms with E-state index in [4.69, 9.17) is 4.74 Å². The van der Waals surface area contributed by atoms with Gasteiger partial charge in [-0.05, 0) is 6.42 Å². The first-order valence-corrected chi connectivity index (χ1v) is 7.50. The van der Waals surface area contributed by atoms with Crippen molar-refractivity contribution in [3.63, 3.8) is 0 Å². The van der Waals surface area contributed by atoms with Gasteiger partial charge in [-0.1, -0.05) is 6.92 Å². The van der Waals surface area contributed by atoms with Crippen LogP contribution in [0.25, 0.3) is 0 Å². The third-order valence-corrected chi connectivity index (χ3v) is 3.51. The first-order valence-electron chi connectivity index (χ1n) is 7.50. The quantitative estimate of drug-likeness (QED) is 0.774. The summed E-state index contributed by atoms with van der Waals surface area (Å²) in [6.07, 6.45) is 2.91. The number of hydrogen-bond acceptors (Lipinski definition) is 4. The third kappa shape index (κ3) is 4.20. The Morgan fingerprint density at radius 3 is 3.05 bits per heavy atom. The summed E-state index contributed by atoms with van der Waals surface area (Å²) < 4.78 is 6.71. The number of nitrogens with zero attached hydrogens (tertiary/aromatic N) is 3. The van der Waals surface area contributed by atoms with E-state index in [1.54, 1.807) is 29.0 Å². The third-order valence-electron chi connectivity index (χ3n) is 3.51. The van der Waals surface area contributed by atoms with Gasteiger partial charge in [0.05, 0.1) is 18.8 Å². The Kier molecular flexibility index (Phi) is 5.76. The Bertz CT molecular complexity index is 516. The monoisotopic (exact) mass is 309 g/mol. The number of urea groups is 1. The summed E-state index contributed by atoms with van der Waals surface area (Å²) in [5.41, 5.74) is 0. The second-order valence-electron chi connectivity index (χ2n) is 5.27. The summed E-state index contributed by atoms with van der Waals surface area (Å²) in [6.45, 7) is 4.36. The zero-order valence-corrected chi connectivity index (χ0v) is 13.0. The van der Waals surface area contributed by atoms with Gasteiger partial charge in [-0.25, -0.2) is 9.48 Å². The predicted octanol–water partition coefficient (Wildman–Crippen LogP) is 0.662. The van der Waals surface area contributed by atoms with Crippen molar-refractivity contribution in [2.75, 3.05) is 32.1 Å². The summed E-state index contributed by atoms with van der Waals surface area (Å²) in [6, 6.07) is 1.26. The van der Waals surface area contributed by atoms with Gasteiger partial charge in [0, 0.05) is 39.2 Å². The molecule has 0 aliphatic carbocycles. The summed E-state index contributed by atoms with van der Waals surface area (Å²) in [4.78, 5) is 25.5. The molecule has 0 saturated carbocycles. The molecule has 1 atom stereocenters. The van der Waals surface area contributed by atoms with Crippen molar-refractivity contribution in [2.45, 2.75) is 32.4 Å². The van der Waals surface area contributed by atoms with Gasteiger partial charge in [0.2, 0.25) is 5.91 Å². The standard InChI is InChI=1S/C14H23N5O3/c1-3-6-19-12(4-5-15-19)17-14(21)16-11-9-13(20)18(10-11)7-8-22-2/h4-5,11H,3,6-10H2,1-2H3,(H2,16,17,21). The summed E-state index contributed by atoms with van der Waals surface area (Å²) >= 11 is 0. The largest absolute Gasteiger partial charge is 0.383 e. The zero-order chi connectivity index (χ0) is 15.9. The van der Waals surface area contributed by atoms with Crippen LogP contribution in [0.5, 0.6) is 0 Å². The summed E-state index contributed by atoms with van der Waals surface area (Å²) in [7, 11) is 1.60. The average Bonchev–Trinajstić information content (AvgIpc) is 3.04. The molecule has 1 fully saturated rings. The van der Waals surface area contributed by atoms with E-state index in [1.807, 2.05) is 6.92 Å². The molecule has 8 heteroatoms. The lowest BCUT2D eigenvalue weighted by atomic mass is 10.3. The fourth-order valence-electron chi connectivity index (χ4n) is 2.45. The molecule has 0 radical (unpaired) electrons. The van der Waals surface area contributed by atoms with Crippen LogP contribution in [0, 0.1) is 0 Å². The molecule has 1 aliphatic heterocycles. The van der Waals surface area contributed by atoms with Crippen LogP contribution >= 0.6 is 0 Å². The molecule has 1 unspecified atom stereocenters. The summed E-state index contributed by atoms with van der Waals surface area (Å²) in [5, 5.41) is 9.75. The molecule has 22 heavy (non-hydrogen) atoms. The minimum Gasteiger partial charge on any atom is -0.383 e.